The number of β-amino-alcohol motifs (C(OH)–C–C–N with tert-alkyl or cyclic N) is 1. The maximum Gasteiger partial charge on any atom is 0.226 e. The molecule has 1 aliphatic heterocycles. The van der Waals surface area contributed by atoms with E-state index in [-0.39, 0.29) is 12.0 Å². The maximum absolute atomic E-state index is 11.6. The van der Waals surface area contributed by atoms with E-state index in [2.05, 4.69) is 0 Å². The van der Waals surface area contributed by atoms with Gasteiger partial charge in [0.2, 0.25) is 5.91 Å². The fraction of sp³-hybridized carbons (Fsp3) is 0.462. The summed E-state index contributed by atoms with van der Waals surface area (Å²) in [5.74, 6) is 1.51. The number of hydrogen-bond donors (Lipinski definition) is 1. The molecule has 0 aromatic heterocycles. The zero-order chi connectivity index (χ0) is 13.0. The van der Waals surface area contributed by atoms with Crippen LogP contribution in [0.5, 0.6) is 11.5 Å². The zero-order valence-electron chi connectivity index (χ0n) is 10.3. The summed E-state index contributed by atoms with van der Waals surface area (Å²) in [7, 11) is 1.61. The Bertz CT molecular complexity index is 398. The number of amides is 1. The van der Waals surface area contributed by atoms with Gasteiger partial charge >= 0.3 is 0 Å². The lowest BCUT2D eigenvalue weighted by molar-refractivity contribution is -0.141. The van der Waals surface area contributed by atoms with Crippen LogP contribution in [0.1, 0.15) is 6.42 Å². The van der Waals surface area contributed by atoms with Crippen molar-refractivity contribution in [1.82, 2.24) is 4.90 Å². The highest BCUT2D eigenvalue weighted by Crippen LogP contribution is 2.17. The predicted molar refractivity (Wildman–Crippen MR) is 65.7 cm³/mol. The molecule has 0 aliphatic carbocycles. The number of carbonyl (C=O) groups excluding carboxylic acids is 1. The maximum atomic E-state index is 11.6. The number of nitrogens with zero attached hydrogens (tertiary/aromatic N) is 1. The van der Waals surface area contributed by atoms with E-state index in [1.165, 1.54) is 0 Å². The highest BCUT2D eigenvalue weighted by atomic mass is 16.5. The summed E-state index contributed by atoms with van der Waals surface area (Å²) >= 11 is 0. The van der Waals surface area contributed by atoms with Gasteiger partial charge in [-0.1, -0.05) is 0 Å². The first-order valence-electron chi connectivity index (χ1n) is 5.91. The summed E-state index contributed by atoms with van der Waals surface area (Å²) in [5.41, 5.74) is 0. The molecule has 0 unspecified atom stereocenters. The van der Waals surface area contributed by atoms with E-state index in [1.807, 2.05) is 12.1 Å². The van der Waals surface area contributed by atoms with Crippen LogP contribution >= 0.6 is 0 Å². The van der Waals surface area contributed by atoms with Gasteiger partial charge in [-0.15, -0.1) is 0 Å². The fourth-order valence-corrected chi connectivity index (χ4v) is 1.75. The minimum absolute atomic E-state index is 0.0220. The summed E-state index contributed by atoms with van der Waals surface area (Å²) < 4.78 is 10.5. The van der Waals surface area contributed by atoms with Crippen molar-refractivity contribution in [1.29, 1.82) is 0 Å². The molecule has 2 rings (SSSR count). The first-order chi connectivity index (χ1) is 8.69. The molecule has 0 saturated carbocycles. The highest BCUT2D eigenvalue weighted by molar-refractivity contribution is 5.77. The van der Waals surface area contributed by atoms with Gasteiger partial charge in [0.15, 0.2) is 0 Å². The number of methoxy groups -OCH3 is 1. The van der Waals surface area contributed by atoms with Gasteiger partial charge < -0.3 is 19.5 Å². The summed E-state index contributed by atoms with van der Waals surface area (Å²) in [6.45, 7) is 1.24. The molecule has 5 nitrogen and oxygen atoms in total. The van der Waals surface area contributed by atoms with Gasteiger partial charge in [-0.25, -0.2) is 0 Å². The van der Waals surface area contributed by atoms with Crippen molar-refractivity contribution in [3.63, 3.8) is 0 Å². The molecule has 18 heavy (non-hydrogen) atoms. The van der Waals surface area contributed by atoms with Crippen molar-refractivity contribution in [2.24, 2.45) is 0 Å². The Morgan fingerprint density at radius 3 is 2.50 bits per heavy atom. The first kappa shape index (κ1) is 12.7. The Morgan fingerprint density at radius 2 is 1.94 bits per heavy atom. The number of aliphatic hydroxyl groups excluding tert-OH is 1. The molecule has 0 atom stereocenters. The number of ether oxygens (including phenoxy) is 2. The Balaban J connectivity index is 1.69. The van der Waals surface area contributed by atoms with Crippen molar-refractivity contribution in [2.45, 2.75) is 12.5 Å². The molecule has 1 heterocycles. The average molecular weight is 251 g/mol. The van der Waals surface area contributed by atoms with Crippen molar-refractivity contribution >= 4 is 5.91 Å². The number of aliphatic hydroxyl groups is 1. The standard InChI is InChI=1S/C13H17NO4/c1-17-11-2-4-12(5-3-11)18-7-6-13(16)14-8-10(15)9-14/h2-5,10,15H,6-9H2,1H3. The first-order valence-corrected chi connectivity index (χ1v) is 5.91. The molecule has 1 aromatic rings. The summed E-state index contributed by atoms with van der Waals surface area (Å²) in [4.78, 5) is 13.2. The number of carbonyl (C=O) groups is 1. The van der Waals surface area contributed by atoms with Crippen molar-refractivity contribution in [3.05, 3.63) is 24.3 Å². The van der Waals surface area contributed by atoms with Crippen LogP contribution in [-0.4, -0.2) is 48.8 Å². The Hall–Kier alpha value is -1.75. The predicted octanol–water partition coefficient (Wildman–Crippen LogP) is 0.667. The number of hydrogen-bond acceptors (Lipinski definition) is 4. The lowest BCUT2D eigenvalue weighted by Gasteiger charge is -2.35. The van der Waals surface area contributed by atoms with Crippen LogP contribution in [0.4, 0.5) is 0 Å². The molecular weight excluding hydrogens is 234 g/mol. The minimum atomic E-state index is -0.351. The van der Waals surface area contributed by atoms with E-state index in [1.54, 1.807) is 24.1 Å². The van der Waals surface area contributed by atoms with Gasteiger partial charge in [0, 0.05) is 13.1 Å². The third-order valence-corrected chi connectivity index (χ3v) is 2.86. The molecule has 5 heteroatoms. The Morgan fingerprint density at radius 1 is 1.33 bits per heavy atom. The van der Waals surface area contributed by atoms with Gasteiger partial charge in [0.1, 0.15) is 11.5 Å². The van der Waals surface area contributed by atoms with E-state index in [0.717, 1.165) is 5.75 Å². The second kappa shape index (κ2) is 5.73. The van der Waals surface area contributed by atoms with Gasteiger partial charge in [0.05, 0.1) is 26.2 Å². The van der Waals surface area contributed by atoms with E-state index in [9.17, 15) is 4.79 Å². The zero-order valence-corrected chi connectivity index (χ0v) is 10.3. The van der Waals surface area contributed by atoms with Crippen LogP contribution in [0.15, 0.2) is 24.3 Å². The molecule has 1 N–H and O–H groups in total. The van der Waals surface area contributed by atoms with Gasteiger partial charge in [-0.05, 0) is 24.3 Å². The third-order valence-electron chi connectivity index (χ3n) is 2.86. The second-order valence-electron chi connectivity index (χ2n) is 4.23. The van der Waals surface area contributed by atoms with E-state index in [4.69, 9.17) is 14.6 Å². The van der Waals surface area contributed by atoms with Crippen LogP contribution in [0.3, 0.4) is 0 Å². The second-order valence-corrected chi connectivity index (χ2v) is 4.23. The number of rotatable bonds is 5. The van der Waals surface area contributed by atoms with Crippen LogP contribution in [0.25, 0.3) is 0 Å². The summed E-state index contributed by atoms with van der Waals surface area (Å²) in [6, 6.07) is 7.22. The molecule has 0 bridgehead atoms. The van der Waals surface area contributed by atoms with Gasteiger partial charge in [-0.2, -0.15) is 0 Å². The third kappa shape index (κ3) is 3.13. The lowest BCUT2D eigenvalue weighted by atomic mass is 10.1. The largest absolute Gasteiger partial charge is 0.497 e. The van der Waals surface area contributed by atoms with Gasteiger partial charge in [-0.3, -0.25) is 4.79 Å². The Kier molecular flexibility index (Phi) is 4.04. The monoisotopic (exact) mass is 251 g/mol. The van der Waals surface area contributed by atoms with Crippen LogP contribution in [-0.2, 0) is 4.79 Å². The smallest absolute Gasteiger partial charge is 0.226 e. The van der Waals surface area contributed by atoms with Crippen LogP contribution in [0, 0.1) is 0 Å². The van der Waals surface area contributed by atoms with E-state index >= 15 is 0 Å². The molecule has 0 radical (unpaired) electrons. The van der Waals surface area contributed by atoms with Crippen LogP contribution < -0.4 is 9.47 Å². The summed E-state index contributed by atoms with van der Waals surface area (Å²) in [5, 5.41) is 9.08. The molecule has 1 aromatic carbocycles. The average Bonchev–Trinajstić information content (AvgIpc) is 2.35. The van der Waals surface area contributed by atoms with Crippen molar-refractivity contribution in [3.8, 4) is 11.5 Å². The van der Waals surface area contributed by atoms with E-state index in [0.29, 0.717) is 31.9 Å². The molecule has 98 valence electrons. The molecule has 1 aliphatic rings. The molecule has 1 fully saturated rings. The van der Waals surface area contributed by atoms with Gasteiger partial charge in [0.25, 0.3) is 0 Å². The summed E-state index contributed by atoms with van der Waals surface area (Å²) in [6.07, 6.45) is -0.0184. The molecule has 0 spiro atoms. The molecular formula is C13H17NO4. The number of benzene rings is 1. The SMILES string of the molecule is COc1ccc(OCCC(=O)N2CC(O)C2)cc1. The highest BCUT2D eigenvalue weighted by Gasteiger charge is 2.28. The minimum Gasteiger partial charge on any atom is -0.497 e. The Labute approximate surface area is 106 Å². The fourth-order valence-electron chi connectivity index (χ4n) is 1.75. The number of likely N-dealkylation sites (tertiary alicyclic amines) is 1. The van der Waals surface area contributed by atoms with Crippen LogP contribution in [0.2, 0.25) is 0 Å². The van der Waals surface area contributed by atoms with Crippen molar-refractivity contribution in [2.75, 3.05) is 26.8 Å². The lowest BCUT2D eigenvalue weighted by Crippen LogP contribution is -2.53. The molecule has 1 saturated heterocycles. The van der Waals surface area contributed by atoms with E-state index < -0.39 is 0 Å². The van der Waals surface area contributed by atoms with Crippen molar-refractivity contribution < 1.29 is 19.4 Å². The topological polar surface area (TPSA) is 59.0 Å². The normalized spacial score (nSPS) is 15.1. The molecule has 1 amide bonds. The quantitative estimate of drug-likeness (QED) is 0.835.